The summed E-state index contributed by atoms with van der Waals surface area (Å²) < 4.78 is 12.6. The molecule has 1 aliphatic heterocycles. The molecular weight excluding hydrogens is 478 g/mol. The standard InChI is InChI=1S/C31H55N3O4/c1-6-8-9-10-11-12-13-14-15-16-17-19-29(36)32-20-21-34(4,5)22-28-26(23-35)27-24-37-30(18-7-2)38-31(27)25(3)33-28/h30,35H,6-24H2,1-5H3/p+1. The van der Waals surface area contributed by atoms with Crippen molar-refractivity contribution in [2.75, 3.05) is 27.2 Å². The lowest BCUT2D eigenvalue weighted by Gasteiger charge is -2.33. The number of hydrogen-bond acceptors (Lipinski definition) is 5. The molecule has 0 fully saturated rings. The number of aliphatic hydroxyl groups excluding tert-OH is 1. The van der Waals surface area contributed by atoms with Crippen molar-refractivity contribution >= 4 is 5.91 Å². The van der Waals surface area contributed by atoms with E-state index in [0.29, 0.717) is 30.6 Å². The van der Waals surface area contributed by atoms with Gasteiger partial charge in [-0.15, -0.1) is 0 Å². The lowest BCUT2D eigenvalue weighted by molar-refractivity contribution is -0.902. The number of unbranched alkanes of at least 4 members (excludes halogenated alkanes) is 10. The molecule has 2 heterocycles. The highest BCUT2D eigenvalue weighted by molar-refractivity contribution is 5.75. The number of nitrogens with one attached hydrogen (secondary N) is 1. The van der Waals surface area contributed by atoms with Gasteiger partial charge in [0.15, 0.2) is 6.29 Å². The zero-order valence-corrected chi connectivity index (χ0v) is 25.1. The fourth-order valence-electron chi connectivity index (χ4n) is 5.22. The van der Waals surface area contributed by atoms with Gasteiger partial charge in [0, 0.05) is 24.0 Å². The number of fused-ring (bicyclic) bond motifs is 1. The maximum atomic E-state index is 12.3. The summed E-state index contributed by atoms with van der Waals surface area (Å²) in [6, 6.07) is 0. The maximum Gasteiger partial charge on any atom is 0.220 e. The maximum absolute atomic E-state index is 12.3. The first-order valence-electron chi connectivity index (χ1n) is 15.3. The molecule has 2 N–H and O–H groups in total. The van der Waals surface area contributed by atoms with Crippen LogP contribution in [0.25, 0.3) is 0 Å². The molecule has 38 heavy (non-hydrogen) atoms. The topological polar surface area (TPSA) is 80.7 Å². The van der Waals surface area contributed by atoms with E-state index < -0.39 is 0 Å². The number of aromatic nitrogens is 1. The third-order valence-corrected chi connectivity index (χ3v) is 7.59. The van der Waals surface area contributed by atoms with Crippen LogP contribution in [0.1, 0.15) is 126 Å². The summed E-state index contributed by atoms with van der Waals surface area (Å²) in [6.07, 6.45) is 16.4. The molecule has 7 nitrogen and oxygen atoms in total. The minimum absolute atomic E-state index is 0.0915. The van der Waals surface area contributed by atoms with Crippen LogP contribution in [-0.2, 0) is 29.3 Å². The van der Waals surface area contributed by atoms with Gasteiger partial charge in [-0.3, -0.25) is 4.79 Å². The van der Waals surface area contributed by atoms with Crippen LogP contribution >= 0.6 is 0 Å². The van der Waals surface area contributed by atoms with Gasteiger partial charge in [0.05, 0.1) is 46.1 Å². The van der Waals surface area contributed by atoms with E-state index in [9.17, 15) is 9.90 Å². The molecule has 7 heteroatoms. The van der Waals surface area contributed by atoms with Gasteiger partial charge in [0.1, 0.15) is 18.0 Å². The van der Waals surface area contributed by atoms with Crippen molar-refractivity contribution in [2.24, 2.45) is 0 Å². The molecule has 0 saturated carbocycles. The number of amides is 1. The number of quaternary nitrogens is 1. The molecule has 0 aliphatic carbocycles. The minimum atomic E-state index is -0.244. The highest BCUT2D eigenvalue weighted by atomic mass is 16.7. The number of nitrogens with zero attached hydrogens (tertiary/aromatic N) is 2. The average Bonchev–Trinajstić information content (AvgIpc) is 2.87. The van der Waals surface area contributed by atoms with Gasteiger partial charge < -0.3 is 24.4 Å². The Hall–Kier alpha value is -1.70. The molecule has 1 aromatic heterocycles. The Balaban J connectivity index is 1.69. The number of hydrogen-bond donors (Lipinski definition) is 2. The number of carbonyl (C=O) groups is 1. The Morgan fingerprint density at radius 2 is 1.63 bits per heavy atom. The summed E-state index contributed by atoms with van der Waals surface area (Å²) >= 11 is 0. The first-order chi connectivity index (χ1) is 18.3. The van der Waals surface area contributed by atoms with Crippen molar-refractivity contribution < 1.29 is 23.9 Å². The van der Waals surface area contributed by atoms with Gasteiger partial charge in [0.25, 0.3) is 0 Å². The molecule has 218 valence electrons. The number of likely N-dealkylation sites (N-methyl/N-ethyl adjacent to an activating group) is 1. The van der Waals surface area contributed by atoms with Crippen molar-refractivity contribution in [1.29, 1.82) is 0 Å². The summed E-state index contributed by atoms with van der Waals surface area (Å²) in [6.45, 7) is 8.77. The predicted octanol–water partition coefficient (Wildman–Crippen LogP) is 6.31. The van der Waals surface area contributed by atoms with Crippen LogP contribution in [-0.4, -0.2) is 54.0 Å². The summed E-state index contributed by atoms with van der Waals surface area (Å²) in [5.41, 5.74) is 3.45. The summed E-state index contributed by atoms with van der Waals surface area (Å²) in [5.74, 6) is 0.915. The van der Waals surface area contributed by atoms with Crippen LogP contribution in [0.4, 0.5) is 0 Å². The molecule has 0 aromatic carbocycles. The van der Waals surface area contributed by atoms with Crippen molar-refractivity contribution in [1.82, 2.24) is 10.3 Å². The Labute approximate surface area is 232 Å². The fraction of sp³-hybridized carbons (Fsp3) is 0.806. The number of aryl methyl sites for hydroxylation is 1. The highest BCUT2D eigenvalue weighted by Crippen LogP contribution is 2.34. The van der Waals surface area contributed by atoms with E-state index in [4.69, 9.17) is 14.5 Å². The summed E-state index contributed by atoms with van der Waals surface area (Å²) in [4.78, 5) is 17.2. The van der Waals surface area contributed by atoms with Crippen molar-refractivity contribution in [3.8, 4) is 5.75 Å². The fourth-order valence-corrected chi connectivity index (χ4v) is 5.22. The van der Waals surface area contributed by atoms with Crippen LogP contribution in [0.5, 0.6) is 5.75 Å². The molecule has 0 saturated heterocycles. The number of pyridine rings is 1. The molecule has 2 rings (SSSR count). The second-order valence-corrected chi connectivity index (χ2v) is 11.7. The Kier molecular flexibility index (Phi) is 15.2. The lowest BCUT2D eigenvalue weighted by Crippen LogP contribution is -2.45. The molecule has 0 bridgehead atoms. The summed E-state index contributed by atoms with van der Waals surface area (Å²) in [7, 11) is 4.27. The molecule has 1 aromatic rings. The van der Waals surface area contributed by atoms with Crippen LogP contribution in [0.3, 0.4) is 0 Å². The van der Waals surface area contributed by atoms with Crippen molar-refractivity contribution in [3.05, 3.63) is 22.5 Å². The zero-order valence-electron chi connectivity index (χ0n) is 25.1. The van der Waals surface area contributed by atoms with E-state index in [1.165, 1.54) is 57.8 Å². The van der Waals surface area contributed by atoms with Gasteiger partial charge in [0.2, 0.25) is 5.91 Å². The van der Waals surface area contributed by atoms with Crippen molar-refractivity contribution in [3.63, 3.8) is 0 Å². The Morgan fingerprint density at radius 3 is 2.24 bits per heavy atom. The highest BCUT2D eigenvalue weighted by Gasteiger charge is 2.29. The monoisotopic (exact) mass is 534 g/mol. The smallest absolute Gasteiger partial charge is 0.220 e. The molecule has 1 unspecified atom stereocenters. The zero-order chi connectivity index (χ0) is 27.8. The lowest BCUT2D eigenvalue weighted by atomic mass is 10.0. The molecule has 1 aliphatic rings. The van der Waals surface area contributed by atoms with E-state index in [-0.39, 0.29) is 18.8 Å². The SMILES string of the molecule is CCCCCCCCCCCCCC(=O)NCC[N+](C)(C)Cc1nc(C)c2c(c1CO)COC(CCC)O2. The third kappa shape index (κ3) is 11.6. The molecule has 1 atom stereocenters. The summed E-state index contributed by atoms with van der Waals surface area (Å²) in [5, 5.41) is 13.3. The van der Waals surface area contributed by atoms with Gasteiger partial charge >= 0.3 is 0 Å². The predicted molar refractivity (Wildman–Crippen MR) is 154 cm³/mol. The third-order valence-electron chi connectivity index (χ3n) is 7.59. The largest absolute Gasteiger partial charge is 0.463 e. The first-order valence-corrected chi connectivity index (χ1v) is 15.3. The van der Waals surface area contributed by atoms with E-state index in [0.717, 1.165) is 60.5 Å². The van der Waals surface area contributed by atoms with Gasteiger partial charge in [-0.25, -0.2) is 4.98 Å². The first kappa shape index (κ1) is 32.5. The van der Waals surface area contributed by atoms with Crippen LogP contribution in [0, 0.1) is 6.92 Å². The molecule has 1 amide bonds. The molecular formula is C31H56N3O4+. The van der Waals surface area contributed by atoms with E-state index in [1.807, 2.05) is 6.92 Å². The van der Waals surface area contributed by atoms with Crippen molar-refractivity contribution in [2.45, 2.75) is 137 Å². The average molecular weight is 535 g/mol. The van der Waals surface area contributed by atoms with Crippen LogP contribution in [0.2, 0.25) is 0 Å². The Morgan fingerprint density at radius 1 is 1.00 bits per heavy atom. The minimum Gasteiger partial charge on any atom is -0.463 e. The molecule has 0 radical (unpaired) electrons. The molecule has 0 spiro atoms. The Bertz CT molecular complexity index is 828. The van der Waals surface area contributed by atoms with Gasteiger partial charge in [-0.05, 0) is 13.3 Å². The second kappa shape index (κ2) is 17.8. The van der Waals surface area contributed by atoms with E-state index in [2.05, 4.69) is 33.3 Å². The number of carbonyl (C=O) groups excluding carboxylic acids is 1. The van der Waals surface area contributed by atoms with E-state index >= 15 is 0 Å². The quantitative estimate of drug-likeness (QED) is 0.151. The van der Waals surface area contributed by atoms with Gasteiger partial charge in [-0.2, -0.15) is 0 Å². The number of aliphatic hydroxyl groups is 1. The van der Waals surface area contributed by atoms with Crippen LogP contribution in [0.15, 0.2) is 0 Å². The number of ether oxygens (including phenoxy) is 2. The van der Waals surface area contributed by atoms with E-state index in [1.54, 1.807) is 0 Å². The van der Waals surface area contributed by atoms with Crippen LogP contribution < -0.4 is 10.1 Å². The second-order valence-electron chi connectivity index (χ2n) is 11.7. The number of rotatable bonds is 20. The van der Waals surface area contributed by atoms with Gasteiger partial charge in [-0.1, -0.05) is 84.5 Å². The normalized spacial score (nSPS) is 15.3.